The first-order chi connectivity index (χ1) is 10.2. The molecule has 0 N–H and O–H groups in total. The van der Waals surface area contributed by atoms with E-state index < -0.39 is 36.0 Å². The fourth-order valence-corrected chi connectivity index (χ4v) is 1.30. The van der Waals surface area contributed by atoms with Gasteiger partial charge in [-0.05, 0) is 25.3 Å². The van der Waals surface area contributed by atoms with E-state index in [1.165, 1.54) is 0 Å². The van der Waals surface area contributed by atoms with E-state index in [1.54, 1.807) is 0 Å². The second kappa shape index (κ2) is 7.43. The number of carbonyl (C=O) groups excluding carboxylic acids is 1. The van der Waals surface area contributed by atoms with E-state index in [0.717, 1.165) is 6.92 Å². The standard InChI is InChI=1S/C12H13F9O2/c1-8(22)23-7-5-3-2-4-6-9(13,14)10(15,16)11(17,18)12(19,20)21/h4,6H,2-3,5,7H2,1H3/b6-4-. The Balaban J connectivity index is 4.73. The van der Waals surface area contributed by atoms with Crippen LogP contribution in [0.5, 0.6) is 0 Å². The highest BCUT2D eigenvalue weighted by molar-refractivity contribution is 5.65. The summed E-state index contributed by atoms with van der Waals surface area (Å²) in [4.78, 5) is 10.4. The van der Waals surface area contributed by atoms with Gasteiger partial charge in [0.05, 0.1) is 6.61 Å². The van der Waals surface area contributed by atoms with Crippen molar-refractivity contribution in [2.75, 3.05) is 6.61 Å². The third-order valence-electron chi connectivity index (χ3n) is 2.57. The lowest BCUT2D eigenvalue weighted by molar-refractivity contribution is -0.388. The first kappa shape index (κ1) is 21.6. The van der Waals surface area contributed by atoms with Crippen molar-refractivity contribution in [2.24, 2.45) is 0 Å². The van der Waals surface area contributed by atoms with Gasteiger partial charge in [0.1, 0.15) is 0 Å². The zero-order valence-corrected chi connectivity index (χ0v) is 11.7. The zero-order valence-electron chi connectivity index (χ0n) is 11.7. The van der Waals surface area contributed by atoms with E-state index in [4.69, 9.17) is 0 Å². The molecule has 0 rings (SSSR count). The largest absolute Gasteiger partial charge is 0.466 e. The van der Waals surface area contributed by atoms with Crippen LogP contribution in [0.15, 0.2) is 12.2 Å². The predicted molar refractivity (Wildman–Crippen MR) is 60.5 cm³/mol. The van der Waals surface area contributed by atoms with Crippen LogP contribution in [0.1, 0.15) is 26.2 Å². The van der Waals surface area contributed by atoms with Crippen molar-refractivity contribution in [3.05, 3.63) is 12.2 Å². The van der Waals surface area contributed by atoms with E-state index in [9.17, 15) is 44.3 Å². The fraction of sp³-hybridized carbons (Fsp3) is 0.750. The Labute approximate surface area is 125 Å². The normalized spacial score (nSPS) is 14.3. The number of allylic oxidation sites excluding steroid dienone is 2. The van der Waals surface area contributed by atoms with E-state index in [-0.39, 0.29) is 25.9 Å². The van der Waals surface area contributed by atoms with Crippen molar-refractivity contribution in [3.63, 3.8) is 0 Å². The van der Waals surface area contributed by atoms with Crippen molar-refractivity contribution in [2.45, 2.75) is 50.1 Å². The lowest BCUT2D eigenvalue weighted by Gasteiger charge is -2.32. The number of unbranched alkanes of at least 4 members (excludes halogenated alkanes) is 2. The first-order valence-electron chi connectivity index (χ1n) is 6.18. The summed E-state index contributed by atoms with van der Waals surface area (Å²) in [7, 11) is 0. The summed E-state index contributed by atoms with van der Waals surface area (Å²) in [6.07, 6.45) is -7.19. The van der Waals surface area contributed by atoms with Crippen LogP contribution in [0.2, 0.25) is 0 Å². The van der Waals surface area contributed by atoms with Crippen LogP contribution < -0.4 is 0 Å². The molecule has 0 saturated carbocycles. The van der Waals surface area contributed by atoms with Crippen molar-refractivity contribution in [1.82, 2.24) is 0 Å². The predicted octanol–water partition coefficient (Wildman–Crippen LogP) is 4.74. The summed E-state index contributed by atoms with van der Waals surface area (Å²) < 4.78 is 117. The molecule has 0 spiro atoms. The Hall–Kier alpha value is -1.42. The molecule has 0 amide bonds. The van der Waals surface area contributed by atoms with Crippen molar-refractivity contribution >= 4 is 5.97 Å². The average molecular weight is 360 g/mol. The molecule has 0 radical (unpaired) electrons. The van der Waals surface area contributed by atoms with Crippen LogP contribution in [0, 0.1) is 0 Å². The molecule has 11 heteroatoms. The van der Waals surface area contributed by atoms with Gasteiger partial charge in [-0.25, -0.2) is 0 Å². The molecule has 0 atom stereocenters. The van der Waals surface area contributed by atoms with Crippen LogP contribution in [0.25, 0.3) is 0 Å². The van der Waals surface area contributed by atoms with Crippen molar-refractivity contribution < 1.29 is 49.0 Å². The Kier molecular flexibility index (Phi) is 6.97. The first-order valence-corrected chi connectivity index (χ1v) is 6.18. The monoisotopic (exact) mass is 360 g/mol. The quantitative estimate of drug-likeness (QED) is 0.270. The molecule has 0 heterocycles. The maximum Gasteiger partial charge on any atom is 0.460 e. The molecule has 0 aliphatic rings. The fourth-order valence-electron chi connectivity index (χ4n) is 1.30. The number of esters is 1. The van der Waals surface area contributed by atoms with Gasteiger partial charge in [0.2, 0.25) is 0 Å². The third-order valence-corrected chi connectivity index (χ3v) is 2.57. The highest BCUT2D eigenvalue weighted by Gasteiger charge is 2.81. The number of hydrogen-bond donors (Lipinski definition) is 0. The second-order valence-corrected chi connectivity index (χ2v) is 4.51. The minimum atomic E-state index is -6.89. The maximum absolute atomic E-state index is 13.0. The van der Waals surface area contributed by atoms with Gasteiger partial charge in [0.15, 0.2) is 0 Å². The topological polar surface area (TPSA) is 26.3 Å². The Morgan fingerprint density at radius 3 is 1.87 bits per heavy atom. The molecular formula is C12H13F9O2. The molecule has 0 aliphatic carbocycles. The van der Waals surface area contributed by atoms with E-state index in [0.29, 0.717) is 6.08 Å². The van der Waals surface area contributed by atoms with Gasteiger partial charge >= 0.3 is 29.9 Å². The van der Waals surface area contributed by atoms with Crippen molar-refractivity contribution in [3.8, 4) is 0 Å². The number of alkyl halides is 9. The number of halogens is 9. The molecule has 0 aromatic carbocycles. The number of carbonyl (C=O) groups is 1. The van der Waals surface area contributed by atoms with Crippen molar-refractivity contribution in [1.29, 1.82) is 0 Å². The SMILES string of the molecule is CC(=O)OCCCC/C=C\C(F)(F)C(F)(F)C(F)(F)C(F)(F)F. The Bertz CT molecular complexity index is 427. The maximum atomic E-state index is 13.0. The average Bonchev–Trinajstić information content (AvgIpc) is 2.35. The number of ether oxygens (including phenoxy) is 1. The van der Waals surface area contributed by atoms with Crippen LogP contribution in [-0.4, -0.2) is 36.5 Å². The van der Waals surface area contributed by atoms with Gasteiger partial charge in [-0.2, -0.15) is 39.5 Å². The second-order valence-electron chi connectivity index (χ2n) is 4.51. The minimum absolute atomic E-state index is 0.0676. The molecule has 0 unspecified atom stereocenters. The molecule has 2 nitrogen and oxygen atoms in total. The molecule has 0 aliphatic heterocycles. The lowest BCUT2D eigenvalue weighted by atomic mass is 10.0. The van der Waals surface area contributed by atoms with Gasteiger partial charge in [-0.3, -0.25) is 4.79 Å². The molecule has 23 heavy (non-hydrogen) atoms. The molecule has 0 saturated heterocycles. The van der Waals surface area contributed by atoms with Gasteiger partial charge < -0.3 is 4.74 Å². The summed E-state index contributed by atoms with van der Waals surface area (Å²) in [5.74, 6) is -19.8. The van der Waals surface area contributed by atoms with E-state index in [2.05, 4.69) is 4.74 Å². The molecular weight excluding hydrogens is 347 g/mol. The molecule has 0 aromatic heterocycles. The summed E-state index contributed by atoms with van der Waals surface area (Å²) in [5.41, 5.74) is 0. The smallest absolute Gasteiger partial charge is 0.460 e. The zero-order chi connectivity index (χ0) is 18.5. The third kappa shape index (κ3) is 5.31. The molecule has 0 aromatic rings. The van der Waals surface area contributed by atoms with Gasteiger partial charge in [0.25, 0.3) is 0 Å². The van der Waals surface area contributed by atoms with Crippen LogP contribution >= 0.6 is 0 Å². The van der Waals surface area contributed by atoms with Gasteiger partial charge in [-0.15, -0.1) is 0 Å². The van der Waals surface area contributed by atoms with E-state index in [1.807, 2.05) is 0 Å². The number of rotatable bonds is 8. The number of hydrogen-bond acceptors (Lipinski definition) is 2. The lowest BCUT2D eigenvalue weighted by Crippen LogP contribution is -2.60. The van der Waals surface area contributed by atoms with Crippen LogP contribution in [-0.2, 0) is 9.53 Å². The van der Waals surface area contributed by atoms with Crippen LogP contribution in [0.4, 0.5) is 39.5 Å². The molecule has 0 bridgehead atoms. The van der Waals surface area contributed by atoms with Crippen LogP contribution in [0.3, 0.4) is 0 Å². The molecule has 0 fully saturated rings. The summed E-state index contributed by atoms with van der Waals surface area (Å²) >= 11 is 0. The Morgan fingerprint density at radius 1 is 0.913 bits per heavy atom. The summed E-state index contributed by atoms with van der Waals surface area (Å²) in [5, 5.41) is 0. The summed E-state index contributed by atoms with van der Waals surface area (Å²) in [6, 6.07) is 0. The highest BCUT2D eigenvalue weighted by atomic mass is 19.4. The van der Waals surface area contributed by atoms with Gasteiger partial charge in [-0.1, -0.05) is 6.08 Å². The van der Waals surface area contributed by atoms with Gasteiger partial charge in [0, 0.05) is 6.92 Å². The molecule has 136 valence electrons. The van der Waals surface area contributed by atoms with E-state index >= 15 is 0 Å². The highest BCUT2D eigenvalue weighted by Crippen LogP contribution is 2.53. The summed E-state index contributed by atoms with van der Waals surface area (Å²) in [6.45, 7) is 1.05. The Morgan fingerprint density at radius 2 is 1.43 bits per heavy atom. The minimum Gasteiger partial charge on any atom is -0.466 e.